The van der Waals surface area contributed by atoms with Crippen molar-refractivity contribution in [1.82, 2.24) is 9.97 Å². The van der Waals surface area contributed by atoms with Gasteiger partial charge in [0, 0.05) is 18.0 Å². The third-order valence-corrected chi connectivity index (χ3v) is 4.45. The topological polar surface area (TPSA) is 84.3 Å². The minimum absolute atomic E-state index is 0.206. The van der Waals surface area contributed by atoms with Crippen LogP contribution in [0.2, 0.25) is 0 Å². The second kappa shape index (κ2) is 4.88. The zero-order valence-electron chi connectivity index (χ0n) is 10.4. The monoisotopic (exact) mass is 306 g/mol. The molecule has 0 unspecified atom stereocenters. The van der Waals surface area contributed by atoms with Crippen molar-refractivity contribution < 1.29 is 8.42 Å². The lowest BCUT2D eigenvalue weighted by Gasteiger charge is -2.15. The standard InChI is InChI=1S/C12H10N4O2S2/c1-20(17,18)12-13-7-9-10(14-12)15-16-11(19-9)8-5-3-2-4-6-8/h2-7H,1H3,(H,13,14,15). The lowest BCUT2D eigenvalue weighted by Crippen LogP contribution is -2.12. The van der Waals surface area contributed by atoms with Crippen LogP contribution in [0.15, 0.2) is 51.7 Å². The van der Waals surface area contributed by atoms with Crippen LogP contribution in [0, 0.1) is 0 Å². The van der Waals surface area contributed by atoms with Crippen molar-refractivity contribution in [1.29, 1.82) is 0 Å². The second-order valence-corrected chi connectivity index (χ2v) is 7.07. The van der Waals surface area contributed by atoms with Crippen molar-refractivity contribution >= 4 is 32.5 Å². The maximum absolute atomic E-state index is 11.4. The highest BCUT2D eigenvalue weighted by molar-refractivity contribution is 8.14. The first-order valence-electron chi connectivity index (χ1n) is 5.68. The number of hydrogen-bond donors (Lipinski definition) is 1. The molecule has 1 aliphatic rings. The summed E-state index contributed by atoms with van der Waals surface area (Å²) in [4.78, 5) is 8.59. The van der Waals surface area contributed by atoms with E-state index in [1.54, 1.807) is 0 Å². The third-order valence-electron chi connectivity index (χ3n) is 2.56. The molecule has 1 aliphatic heterocycles. The summed E-state index contributed by atoms with van der Waals surface area (Å²) >= 11 is 1.40. The molecule has 2 aromatic rings. The van der Waals surface area contributed by atoms with Crippen LogP contribution in [0.3, 0.4) is 0 Å². The highest BCUT2D eigenvalue weighted by atomic mass is 32.2. The van der Waals surface area contributed by atoms with Crippen LogP contribution >= 0.6 is 11.8 Å². The number of hydrogen-bond acceptors (Lipinski definition) is 7. The number of rotatable bonds is 2. The number of nitrogens with one attached hydrogen (secondary N) is 1. The Labute approximate surface area is 120 Å². The Balaban J connectivity index is 1.95. The maximum Gasteiger partial charge on any atom is 0.248 e. The Kier molecular flexibility index (Phi) is 3.19. The minimum Gasteiger partial charge on any atom is -0.259 e. The highest BCUT2D eigenvalue weighted by Crippen LogP contribution is 2.32. The van der Waals surface area contributed by atoms with Gasteiger partial charge in [0.25, 0.3) is 0 Å². The third kappa shape index (κ3) is 2.52. The van der Waals surface area contributed by atoms with E-state index in [4.69, 9.17) is 0 Å². The van der Waals surface area contributed by atoms with E-state index in [9.17, 15) is 8.42 Å². The molecular formula is C12H10N4O2S2. The molecule has 0 aliphatic carbocycles. The van der Waals surface area contributed by atoms with Gasteiger partial charge in [0.15, 0.2) is 5.82 Å². The van der Waals surface area contributed by atoms with E-state index in [0.29, 0.717) is 5.82 Å². The Hall–Kier alpha value is -1.93. The minimum atomic E-state index is -3.42. The van der Waals surface area contributed by atoms with Gasteiger partial charge >= 0.3 is 0 Å². The largest absolute Gasteiger partial charge is 0.259 e. The molecule has 0 fully saturated rings. The molecular weight excluding hydrogens is 296 g/mol. The number of hydrazone groups is 1. The Morgan fingerprint density at radius 2 is 1.95 bits per heavy atom. The van der Waals surface area contributed by atoms with Crippen LogP contribution < -0.4 is 5.43 Å². The van der Waals surface area contributed by atoms with Crippen LogP contribution in [0.5, 0.6) is 0 Å². The molecule has 102 valence electrons. The van der Waals surface area contributed by atoms with Crippen LogP contribution in [0.25, 0.3) is 0 Å². The summed E-state index contributed by atoms with van der Waals surface area (Å²) in [5.41, 5.74) is 3.75. The number of benzene rings is 1. The van der Waals surface area contributed by atoms with Crippen molar-refractivity contribution in [3.05, 3.63) is 42.1 Å². The molecule has 0 saturated heterocycles. The smallest absolute Gasteiger partial charge is 0.248 e. The summed E-state index contributed by atoms with van der Waals surface area (Å²) in [6.45, 7) is 0. The Morgan fingerprint density at radius 1 is 1.20 bits per heavy atom. The molecule has 0 bridgehead atoms. The number of sulfone groups is 1. The number of anilines is 1. The summed E-state index contributed by atoms with van der Waals surface area (Å²) in [5.74, 6) is 0.408. The van der Waals surface area contributed by atoms with Gasteiger partial charge in [-0.05, 0) is 0 Å². The normalized spacial score (nSPS) is 14.2. The van der Waals surface area contributed by atoms with Crippen molar-refractivity contribution in [2.45, 2.75) is 10.1 Å². The fourth-order valence-corrected chi connectivity index (χ4v) is 2.97. The molecule has 0 amide bonds. The molecule has 3 rings (SSSR count). The summed E-state index contributed by atoms with van der Waals surface area (Å²) < 4.78 is 22.8. The van der Waals surface area contributed by atoms with Gasteiger partial charge in [-0.2, -0.15) is 10.1 Å². The van der Waals surface area contributed by atoms with Gasteiger partial charge in [0.2, 0.25) is 15.0 Å². The van der Waals surface area contributed by atoms with Crippen molar-refractivity contribution in [3.63, 3.8) is 0 Å². The van der Waals surface area contributed by atoms with E-state index in [2.05, 4.69) is 20.5 Å². The molecule has 0 saturated carbocycles. The lowest BCUT2D eigenvalue weighted by atomic mass is 10.2. The zero-order valence-corrected chi connectivity index (χ0v) is 12.1. The van der Waals surface area contributed by atoms with Gasteiger partial charge in [0.1, 0.15) is 5.04 Å². The predicted molar refractivity (Wildman–Crippen MR) is 77.6 cm³/mol. The fraction of sp³-hybridized carbons (Fsp3) is 0.0833. The van der Waals surface area contributed by atoms with E-state index in [1.165, 1.54) is 18.0 Å². The van der Waals surface area contributed by atoms with Crippen LogP contribution in [-0.2, 0) is 9.84 Å². The molecule has 1 aromatic carbocycles. The van der Waals surface area contributed by atoms with E-state index >= 15 is 0 Å². The van der Waals surface area contributed by atoms with E-state index in [-0.39, 0.29) is 5.16 Å². The average molecular weight is 306 g/mol. The molecule has 1 N–H and O–H groups in total. The molecule has 20 heavy (non-hydrogen) atoms. The van der Waals surface area contributed by atoms with E-state index < -0.39 is 9.84 Å². The van der Waals surface area contributed by atoms with Gasteiger partial charge in [0.05, 0.1) is 4.90 Å². The van der Waals surface area contributed by atoms with Crippen LogP contribution in [0.1, 0.15) is 5.56 Å². The van der Waals surface area contributed by atoms with Gasteiger partial charge in [-0.1, -0.05) is 42.1 Å². The molecule has 0 spiro atoms. The van der Waals surface area contributed by atoms with Gasteiger partial charge in [-0.25, -0.2) is 13.4 Å². The first-order valence-corrected chi connectivity index (χ1v) is 8.39. The van der Waals surface area contributed by atoms with Crippen LogP contribution in [-0.4, -0.2) is 29.7 Å². The summed E-state index contributed by atoms with van der Waals surface area (Å²) in [6.07, 6.45) is 2.57. The summed E-state index contributed by atoms with van der Waals surface area (Å²) in [7, 11) is -3.42. The molecule has 6 nitrogen and oxygen atoms in total. The predicted octanol–water partition coefficient (Wildman–Crippen LogP) is 1.76. The Bertz CT molecular complexity index is 788. The van der Waals surface area contributed by atoms with Crippen molar-refractivity contribution in [3.8, 4) is 0 Å². The Morgan fingerprint density at radius 3 is 2.65 bits per heavy atom. The lowest BCUT2D eigenvalue weighted by molar-refractivity contribution is 0.592. The van der Waals surface area contributed by atoms with Crippen LogP contribution in [0.4, 0.5) is 5.82 Å². The van der Waals surface area contributed by atoms with Gasteiger partial charge in [-0.3, -0.25) is 5.43 Å². The van der Waals surface area contributed by atoms with Gasteiger partial charge < -0.3 is 0 Å². The second-order valence-electron chi connectivity index (χ2n) is 4.13. The van der Waals surface area contributed by atoms with E-state index in [1.807, 2.05) is 30.3 Å². The van der Waals surface area contributed by atoms with Gasteiger partial charge in [-0.15, -0.1) is 0 Å². The zero-order chi connectivity index (χ0) is 14.2. The molecule has 0 atom stereocenters. The average Bonchev–Trinajstić information content (AvgIpc) is 2.46. The molecule has 1 aromatic heterocycles. The number of fused-ring (bicyclic) bond motifs is 1. The number of aromatic nitrogens is 2. The van der Waals surface area contributed by atoms with Crippen molar-refractivity contribution in [2.75, 3.05) is 11.7 Å². The first kappa shape index (κ1) is 13.1. The molecule has 8 heteroatoms. The molecule has 0 radical (unpaired) electrons. The maximum atomic E-state index is 11.4. The van der Waals surface area contributed by atoms with Crippen molar-refractivity contribution in [2.24, 2.45) is 5.10 Å². The van der Waals surface area contributed by atoms with E-state index in [0.717, 1.165) is 21.8 Å². The number of thioether (sulfide) groups is 1. The highest BCUT2D eigenvalue weighted by Gasteiger charge is 2.20. The quantitative estimate of drug-likeness (QED) is 0.851. The first-order chi connectivity index (χ1) is 9.54. The number of nitrogens with zero attached hydrogens (tertiary/aromatic N) is 3. The SMILES string of the molecule is CS(=O)(=O)c1ncc2c(n1)NN=C(c1ccccc1)S2. The summed E-state index contributed by atoms with van der Waals surface area (Å²) in [5, 5.41) is 4.79. The fourth-order valence-electron chi connectivity index (χ4n) is 1.62. The molecule has 2 heterocycles. The summed E-state index contributed by atoms with van der Waals surface area (Å²) in [6, 6.07) is 9.68.